The number of allylic oxidation sites excluding steroid dienone is 1. The average Bonchev–Trinajstić information content (AvgIpc) is 2.02. The number of alkyl halides is 2. The second-order valence-electron chi connectivity index (χ2n) is 3.29. The van der Waals surface area contributed by atoms with Gasteiger partial charge in [0.05, 0.1) is 0 Å². The fraction of sp³-hybridized carbons (Fsp3) is 0.667. The summed E-state index contributed by atoms with van der Waals surface area (Å²) in [6.07, 6.45) is 3.70. The van der Waals surface area contributed by atoms with Gasteiger partial charge in [-0.15, -0.1) is 0 Å². The molecule has 0 spiro atoms. The molecule has 1 aliphatic carbocycles. The lowest BCUT2D eigenvalue weighted by Crippen LogP contribution is -2.25. The maximum Gasteiger partial charge on any atom is 0.327 e. The molecule has 1 rings (SSSR count). The standard InChI is InChI=1S/C9H12BrFO2/c10-7-3-1-6(8(11)5-7)2-4-9(12)13/h2,4,6-8H,1,3,5H2,(H,12,13)/b4-2+. The molecule has 1 saturated carbocycles. The van der Waals surface area contributed by atoms with Crippen LogP contribution in [0.15, 0.2) is 12.2 Å². The second-order valence-corrected chi connectivity index (χ2v) is 4.58. The summed E-state index contributed by atoms with van der Waals surface area (Å²) in [5.74, 6) is -1.22. The van der Waals surface area contributed by atoms with Crippen LogP contribution in [-0.2, 0) is 4.79 Å². The number of halogens is 2. The Hall–Kier alpha value is -0.380. The summed E-state index contributed by atoms with van der Waals surface area (Å²) >= 11 is 3.36. The molecule has 3 atom stereocenters. The Bertz CT molecular complexity index is 218. The maximum atomic E-state index is 13.3. The van der Waals surface area contributed by atoms with Gasteiger partial charge in [-0.05, 0) is 19.3 Å². The van der Waals surface area contributed by atoms with Crippen molar-refractivity contribution in [2.75, 3.05) is 0 Å². The Kier molecular flexibility index (Phi) is 3.90. The molecular weight excluding hydrogens is 239 g/mol. The molecule has 0 saturated heterocycles. The fourth-order valence-electron chi connectivity index (χ4n) is 1.51. The lowest BCUT2D eigenvalue weighted by atomic mass is 9.87. The molecule has 13 heavy (non-hydrogen) atoms. The quantitative estimate of drug-likeness (QED) is 0.604. The molecule has 1 aliphatic rings. The Morgan fingerprint density at radius 2 is 2.23 bits per heavy atom. The van der Waals surface area contributed by atoms with Gasteiger partial charge in [0.2, 0.25) is 0 Å². The SMILES string of the molecule is O=C(O)/C=C/C1CCC(Br)CC1F. The molecule has 74 valence electrons. The van der Waals surface area contributed by atoms with Crippen molar-refractivity contribution in [2.45, 2.75) is 30.3 Å². The van der Waals surface area contributed by atoms with Crippen molar-refractivity contribution in [3.8, 4) is 0 Å². The van der Waals surface area contributed by atoms with Crippen LogP contribution in [-0.4, -0.2) is 22.1 Å². The number of carboxylic acids is 1. The molecule has 0 aromatic rings. The first-order valence-corrected chi connectivity index (χ1v) is 5.20. The Morgan fingerprint density at radius 1 is 1.54 bits per heavy atom. The average molecular weight is 251 g/mol. The van der Waals surface area contributed by atoms with Crippen molar-refractivity contribution in [3.05, 3.63) is 12.2 Å². The zero-order valence-corrected chi connectivity index (χ0v) is 8.71. The predicted molar refractivity (Wildman–Crippen MR) is 51.7 cm³/mol. The largest absolute Gasteiger partial charge is 0.478 e. The molecule has 0 radical (unpaired) electrons. The third kappa shape index (κ3) is 3.46. The first-order valence-electron chi connectivity index (χ1n) is 4.29. The molecule has 0 aromatic heterocycles. The Morgan fingerprint density at radius 3 is 2.77 bits per heavy atom. The van der Waals surface area contributed by atoms with Gasteiger partial charge in [-0.3, -0.25) is 0 Å². The van der Waals surface area contributed by atoms with Crippen LogP contribution >= 0.6 is 15.9 Å². The van der Waals surface area contributed by atoms with Crippen LogP contribution in [0.4, 0.5) is 4.39 Å². The molecule has 0 bridgehead atoms. The Labute approximate surface area is 85.0 Å². The van der Waals surface area contributed by atoms with Crippen molar-refractivity contribution >= 4 is 21.9 Å². The number of carbonyl (C=O) groups is 1. The van der Waals surface area contributed by atoms with E-state index in [4.69, 9.17) is 5.11 Å². The van der Waals surface area contributed by atoms with Crippen LogP contribution in [0.3, 0.4) is 0 Å². The van der Waals surface area contributed by atoms with Gasteiger partial charge in [0, 0.05) is 16.8 Å². The van der Waals surface area contributed by atoms with Crippen LogP contribution in [0, 0.1) is 5.92 Å². The second kappa shape index (κ2) is 4.74. The van der Waals surface area contributed by atoms with Crippen molar-refractivity contribution < 1.29 is 14.3 Å². The van der Waals surface area contributed by atoms with Gasteiger partial charge < -0.3 is 5.11 Å². The van der Waals surface area contributed by atoms with Crippen LogP contribution in [0.5, 0.6) is 0 Å². The van der Waals surface area contributed by atoms with Gasteiger partial charge in [-0.1, -0.05) is 22.0 Å². The summed E-state index contributed by atoms with van der Waals surface area (Å²) in [7, 11) is 0. The third-order valence-electron chi connectivity index (χ3n) is 2.24. The van der Waals surface area contributed by atoms with E-state index in [9.17, 15) is 9.18 Å². The van der Waals surface area contributed by atoms with Crippen LogP contribution < -0.4 is 0 Å². The number of rotatable bonds is 2. The van der Waals surface area contributed by atoms with Gasteiger partial charge in [-0.2, -0.15) is 0 Å². The maximum absolute atomic E-state index is 13.3. The molecule has 1 fully saturated rings. The highest BCUT2D eigenvalue weighted by Crippen LogP contribution is 2.31. The van der Waals surface area contributed by atoms with Crippen molar-refractivity contribution in [3.63, 3.8) is 0 Å². The van der Waals surface area contributed by atoms with Gasteiger partial charge >= 0.3 is 5.97 Å². The highest BCUT2D eigenvalue weighted by atomic mass is 79.9. The first-order chi connectivity index (χ1) is 6.09. The first kappa shape index (κ1) is 10.7. The van der Waals surface area contributed by atoms with Gasteiger partial charge in [0.1, 0.15) is 6.17 Å². The minimum atomic E-state index is -1.01. The van der Waals surface area contributed by atoms with Gasteiger partial charge in [-0.25, -0.2) is 9.18 Å². The fourth-order valence-corrected chi connectivity index (χ4v) is 2.14. The van der Waals surface area contributed by atoms with Gasteiger partial charge in [0.25, 0.3) is 0 Å². The summed E-state index contributed by atoms with van der Waals surface area (Å²) in [4.78, 5) is 10.4. The van der Waals surface area contributed by atoms with E-state index in [1.807, 2.05) is 0 Å². The smallest absolute Gasteiger partial charge is 0.327 e. The lowest BCUT2D eigenvalue weighted by Gasteiger charge is -2.26. The molecule has 2 nitrogen and oxygen atoms in total. The van der Waals surface area contributed by atoms with E-state index in [1.54, 1.807) is 0 Å². The van der Waals surface area contributed by atoms with Crippen LogP contribution in [0.1, 0.15) is 19.3 Å². The molecule has 0 aromatic carbocycles. The minimum Gasteiger partial charge on any atom is -0.478 e. The molecular formula is C9H12BrFO2. The molecule has 0 amide bonds. The summed E-state index contributed by atoms with van der Waals surface area (Å²) in [5.41, 5.74) is 0. The summed E-state index contributed by atoms with van der Waals surface area (Å²) < 4.78 is 13.3. The zero-order chi connectivity index (χ0) is 9.84. The topological polar surface area (TPSA) is 37.3 Å². The van der Waals surface area contributed by atoms with E-state index in [0.29, 0.717) is 6.42 Å². The molecule has 0 aliphatic heterocycles. The number of carboxylic acid groups (broad SMARTS) is 1. The predicted octanol–water partition coefficient (Wildman–Crippen LogP) is 2.53. The van der Waals surface area contributed by atoms with Crippen molar-refractivity contribution in [1.29, 1.82) is 0 Å². The zero-order valence-electron chi connectivity index (χ0n) is 7.12. The summed E-state index contributed by atoms with van der Waals surface area (Å²) in [6, 6.07) is 0. The molecule has 4 heteroatoms. The summed E-state index contributed by atoms with van der Waals surface area (Å²) in [5, 5.41) is 8.36. The number of hydrogen-bond acceptors (Lipinski definition) is 1. The van der Waals surface area contributed by atoms with E-state index < -0.39 is 12.1 Å². The summed E-state index contributed by atoms with van der Waals surface area (Å²) in [6.45, 7) is 0. The monoisotopic (exact) mass is 250 g/mol. The molecule has 1 N–H and O–H groups in total. The Balaban J connectivity index is 2.46. The number of hydrogen-bond donors (Lipinski definition) is 1. The van der Waals surface area contributed by atoms with Crippen molar-refractivity contribution in [2.24, 2.45) is 5.92 Å². The van der Waals surface area contributed by atoms with E-state index in [1.165, 1.54) is 6.08 Å². The number of aliphatic carboxylic acids is 1. The van der Waals surface area contributed by atoms with E-state index in [0.717, 1.165) is 18.9 Å². The molecule has 3 unspecified atom stereocenters. The van der Waals surface area contributed by atoms with Crippen LogP contribution in [0.2, 0.25) is 0 Å². The highest BCUT2D eigenvalue weighted by Gasteiger charge is 2.27. The molecule has 0 heterocycles. The van der Waals surface area contributed by atoms with E-state index >= 15 is 0 Å². The van der Waals surface area contributed by atoms with E-state index in [-0.39, 0.29) is 10.7 Å². The normalized spacial score (nSPS) is 35.1. The minimum absolute atomic E-state index is 0.218. The van der Waals surface area contributed by atoms with E-state index in [2.05, 4.69) is 15.9 Å². The van der Waals surface area contributed by atoms with Crippen LogP contribution in [0.25, 0.3) is 0 Å². The van der Waals surface area contributed by atoms with Crippen molar-refractivity contribution in [1.82, 2.24) is 0 Å². The van der Waals surface area contributed by atoms with Gasteiger partial charge in [0.15, 0.2) is 0 Å². The highest BCUT2D eigenvalue weighted by molar-refractivity contribution is 9.09. The lowest BCUT2D eigenvalue weighted by molar-refractivity contribution is -0.131. The third-order valence-corrected chi connectivity index (χ3v) is 3.08.